The summed E-state index contributed by atoms with van der Waals surface area (Å²) >= 11 is 0. The molecule has 0 aromatic heterocycles. The molecule has 4 rings (SSSR count). The molecule has 34 heavy (non-hydrogen) atoms. The normalized spacial score (nSPS) is 11.9. The molecule has 3 heteroatoms. The molecule has 0 saturated carbocycles. The average Bonchev–Trinajstić information content (AvgIpc) is 2.90. The summed E-state index contributed by atoms with van der Waals surface area (Å²) in [6.07, 6.45) is 1.08. The Bertz CT molecular complexity index is 931. The smallest absolute Gasteiger partial charge is 0.0532 e. The van der Waals surface area contributed by atoms with Crippen molar-refractivity contribution in [2.75, 3.05) is 0 Å². The Morgan fingerprint density at radius 3 is 0.912 bits per heavy atom. The van der Waals surface area contributed by atoms with Crippen molar-refractivity contribution in [3.05, 3.63) is 144 Å². The summed E-state index contributed by atoms with van der Waals surface area (Å²) in [4.78, 5) is 5.44. The third-order valence-corrected chi connectivity index (χ3v) is 8.87. The van der Waals surface area contributed by atoms with Gasteiger partial charge in [-0.05, 0) is 28.7 Å². The second-order valence-corrected chi connectivity index (χ2v) is 10.8. The minimum Gasteiger partial charge on any atom is -0.281 e. The van der Waals surface area contributed by atoms with Crippen LogP contribution in [0.2, 0.25) is 0 Å². The van der Waals surface area contributed by atoms with Crippen molar-refractivity contribution in [2.45, 2.75) is 44.8 Å². The molecule has 2 nitrogen and oxygen atoms in total. The van der Waals surface area contributed by atoms with E-state index in [0.29, 0.717) is 0 Å². The van der Waals surface area contributed by atoms with Crippen LogP contribution in [-0.2, 0) is 26.2 Å². The van der Waals surface area contributed by atoms with Crippen LogP contribution in [0.1, 0.15) is 35.6 Å². The zero-order valence-electron chi connectivity index (χ0n) is 20.5. The maximum absolute atomic E-state index is 2.72. The van der Waals surface area contributed by atoms with Crippen LogP contribution < -0.4 is 0 Å². The Kier molecular flexibility index (Phi) is 8.48. The van der Waals surface area contributed by atoms with Crippen LogP contribution in [0.4, 0.5) is 0 Å². The molecular formula is C31H36N2Si. The molecule has 0 aliphatic rings. The average molecular weight is 465 g/mol. The Hall–Kier alpha value is -2.98. The van der Waals surface area contributed by atoms with E-state index in [-0.39, 0.29) is 5.29 Å². The summed E-state index contributed by atoms with van der Waals surface area (Å²) in [5.74, 6) is 0. The highest BCUT2D eigenvalue weighted by Gasteiger charge is 2.36. The minimum absolute atomic E-state index is 0.00261. The first-order valence-corrected chi connectivity index (χ1v) is 13.3. The van der Waals surface area contributed by atoms with Crippen LogP contribution in [0.5, 0.6) is 0 Å². The van der Waals surface area contributed by atoms with Gasteiger partial charge < -0.3 is 0 Å². The molecular weight excluding hydrogens is 428 g/mol. The maximum Gasteiger partial charge on any atom is 0.0532 e. The molecule has 0 amide bonds. The molecule has 4 aromatic carbocycles. The molecule has 0 radical (unpaired) electrons. The maximum atomic E-state index is 2.72. The lowest BCUT2D eigenvalue weighted by Gasteiger charge is -2.49. The number of nitrogens with zero attached hydrogens (tertiary/aromatic N) is 2. The van der Waals surface area contributed by atoms with Gasteiger partial charge in [-0.25, -0.2) is 0 Å². The highest BCUT2D eigenvalue weighted by Crippen LogP contribution is 2.29. The highest BCUT2D eigenvalue weighted by atomic mass is 28.1. The molecule has 0 unspecified atom stereocenters. The van der Waals surface area contributed by atoms with Crippen LogP contribution in [0.25, 0.3) is 0 Å². The van der Waals surface area contributed by atoms with Gasteiger partial charge in [0.2, 0.25) is 0 Å². The van der Waals surface area contributed by atoms with Gasteiger partial charge in [0.1, 0.15) is 0 Å². The van der Waals surface area contributed by atoms with E-state index >= 15 is 0 Å². The summed E-state index contributed by atoms with van der Waals surface area (Å²) in [5, 5.41) is -0.00261. The number of hydrogen-bond acceptors (Lipinski definition) is 2. The van der Waals surface area contributed by atoms with E-state index < -0.39 is 0 Å². The standard InChI is InChI=1S/C31H36N2Si/c1-2-31(34,32(23-27-15-7-3-8-16-27)24-28-17-9-4-10-18-28)33(25-29-19-11-5-12-20-29)26-30-21-13-6-14-22-30/h3-22H,2,23-26H2,1,34H3. The summed E-state index contributed by atoms with van der Waals surface area (Å²) in [5.41, 5.74) is 5.47. The minimum atomic E-state index is -0.00261. The molecule has 0 heterocycles. The largest absolute Gasteiger partial charge is 0.281 e. The molecule has 0 bridgehead atoms. The van der Waals surface area contributed by atoms with E-state index in [9.17, 15) is 0 Å². The topological polar surface area (TPSA) is 6.48 Å². The molecule has 0 aliphatic carbocycles. The van der Waals surface area contributed by atoms with Crippen molar-refractivity contribution in [3.63, 3.8) is 0 Å². The molecule has 0 atom stereocenters. The van der Waals surface area contributed by atoms with Crippen molar-refractivity contribution in [1.29, 1.82) is 0 Å². The van der Waals surface area contributed by atoms with Gasteiger partial charge in [0, 0.05) is 36.4 Å². The van der Waals surface area contributed by atoms with Crippen molar-refractivity contribution < 1.29 is 0 Å². The Morgan fingerprint density at radius 1 is 0.471 bits per heavy atom. The predicted molar refractivity (Wildman–Crippen MR) is 147 cm³/mol. The lowest BCUT2D eigenvalue weighted by atomic mass is 10.1. The van der Waals surface area contributed by atoms with E-state index in [1.54, 1.807) is 0 Å². The van der Waals surface area contributed by atoms with Gasteiger partial charge in [-0.1, -0.05) is 128 Å². The first-order chi connectivity index (χ1) is 16.7. The fourth-order valence-corrected chi connectivity index (χ4v) is 5.29. The molecule has 0 fully saturated rings. The molecule has 0 saturated heterocycles. The van der Waals surface area contributed by atoms with Gasteiger partial charge in [-0.15, -0.1) is 0 Å². The predicted octanol–water partition coefficient (Wildman–Crippen LogP) is 5.82. The third-order valence-electron chi connectivity index (χ3n) is 6.90. The SMILES string of the molecule is CCC([SiH3])(N(Cc1ccccc1)Cc1ccccc1)N(Cc1ccccc1)Cc1ccccc1. The van der Waals surface area contributed by atoms with Gasteiger partial charge in [0.15, 0.2) is 0 Å². The van der Waals surface area contributed by atoms with Crippen LogP contribution in [-0.4, -0.2) is 25.3 Å². The van der Waals surface area contributed by atoms with Crippen molar-refractivity contribution in [3.8, 4) is 0 Å². The zero-order chi connectivity index (χ0) is 23.6. The first kappa shape index (κ1) is 24.2. The Balaban J connectivity index is 1.72. The van der Waals surface area contributed by atoms with Crippen molar-refractivity contribution in [2.24, 2.45) is 0 Å². The summed E-state index contributed by atoms with van der Waals surface area (Å²) in [7, 11) is 1.03. The van der Waals surface area contributed by atoms with Crippen LogP contribution >= 0.6 is 0 Å². The van der Waals surface area contributed by atoms with Gasteiger partial charge in [0.25, 0.3) is 0 Å². The quantitative estimate of drug-likeness (QED) is 0.204. The van der Waals surface area contributed by atoms with Gasteiger partial charge >= 0.3 is 0 Å². The van der Waals surface area contributed by atoms with E-state index in [0.717, 1.165) is 42.8 Å². The van der Waals surface area contributed by atoms with E-state index in [1.807, 2.05) is 0 Å². The summed E-state index contributed by atoms with van der Waals surface area (Å²) in [6, 6.07) is 43.7. The highest BCUT2D eigenvalue weighted by molar-refractivity contribution is 6.14. The molecule has 174 valence electrons. The number of benzene rings is 4. The summed E-state index contributed by atoms with van der Waals surface area (Å²) < 4.78 is 0. The van der Waals surface area contributed by atoms with E-state index in [4.69, 9.17) is 0 Å². The zero-order valence-corrected chi connectivity index (χ0v) is 22.5. The molecule has 0 spiro atoms. The van der Waals surface area contributed by atoms with Crippen LogP contribution in [0.3, 0.4) is 0 Å². The molecule has 0 N–H and O–H groups in total. The van der Waals surface area contributed by atoms with Gasteiger partial charge in [-0.3, -0.25) is 9.80 Å². The Labute approximate surface area is 208 Å². The van der Waals surface area contributed by atoms with Crippen LogP contribution in [0, 0.1) is 0 Å². The molecule has 4 aromatic rings. The van der Waals surface area contributed by atoms with Crippen molar-refractivity contribution in [1.82, 2.24) is 9.80 Å². The van der Waals surface area contributed by atoms with Gasteiger partial charge in [0.05, 0.1) is 5.29 Å². The summed E-state index contributed by atoms with van der Waals surface area (Å²) in [6.45, 7) is 6.11. The van der Waals surface area contributed by atoms with E-state index in [1.165, 1.54) is 22.3 Å². The second-order valence-electron chi connectivity index (χ2n) is 9.23. The Morgan fingerprint density at radius 2 is 0.706 bits per heavy atom. The number of rotatable bonds is 11. The lowest BCUT2D eigenvalue weighted by Crippen LogP contribution is -2.59. The van der Waals surface area contributed by atoms with Gasteiger partial charge in [-0.2, -0.15) is 0 Å². The fourth-order valence-electron chi connectivity index (χ4n) is 4.66. The molecule has 0 aliphatic heterocycles. The van der Waals surface area contributed by atoms with Crippen molar-refractivity contribution >= 4 is 10.2 Å². The van der Waals surface area contributed by atoms with Crippen LogP contribution in [0.15, 0.2) is 121 Å². The number of hydrogen-bond donors (Lipinski definition) is 0. The first-order valence-electron chi connectivity index (χ1n) is 12.3. The fraction of sp³-hybridized carbons (Fsp3) is 0.226. The third kappa shape index (κ3) is 6.32. The lowest BCUT2D eigenvalue weighted by molar-refractivity contribution is -0.0211. The second kappa shape index (κ2) is 11.9. The van der Waals surface area contributed by atoms with E-state index in [2.05, 4.69) is 138 Å². The monoisotopic (exact) mass is 464 g/mol.